The molecule has 0 spiro atoms. The van der Waals surface area contributed by atoms with E-state index in [1.807, 2.05) is 0 Å². The Labute approximate surface area is 138 Å². The van der Waals surface area contributed by atoms with Crippen LogP contribution in [0.25, 0.3) is 11.3 Å². The lowest BCUT2D eigenvalue weighted by Gasteiger charge is -2.22. The van der Waals surface area contributed by atoms with Crippen LogP contribution < -0.4 is 0 Å². The number of nitrogens with zero attached hydrogens (tertiary/aromatic N) is 2. The third-order valence-corrected chi connectivity index (χ3v) is 4.32. The van der Waals surface area contributed by atoms with E-state index < -0.39 is 0 Å². The number of likely N-dealkylation sites (tertiary alicyclic amines) is 1. The van der Waals surface area contributed by atoms with Crippen molar-refractivity contribution >= 4 is 5.91 Å². The molecule has 1 fully saturated rings. The molecule has 1 atom stereocenters. The second-order valence-electron chi connectivity index (χ2n) is 5.80. The molecule has 0 unspecified atom stereocenters. The average Bonchev–Trinajstić information content (AvgIpc) is 3.34. The van der Waals surface area contributed by atoms with Gasteiger partial charge in [0.2, 0.25) is 0 Å². The fraction of sp³-hybridized carbons (Fsp3) is 0.222. The van der Waals surface area contributed by atoms with Gasteiger partial charge in [0.25, 0.3) is 5.91 Å². The number of furan rings is 1. The van der Waals surface area contributed by atoms with Gasteiger partial charge in [0.1, 0.15) is 11.6 Å². The molecule has 3 aromatic rings. The van der Waals surface area contributed by atoms with Crippen molar-refractivity contribution in [3.05, 3.63) is 66.3 Å². The van der Waals surface area contributed by atoms with Crippen molar-refractivity contribution in [2.45, 2.75) is 18.9 Å². The van der Waals surface area contributed by atoms with E-state index in [0.717, 1.165) is 12.8 Å². The van der Waals surface area contributed by atoms with E-state index >= 15 is 0 Å². The Hall–Kier alpha value is -2.89. The number of amides is 1. The molecular weight excluding hydrogens is 309 g/mol. The van der Waals surface area contributed by atoms with Crippen molar-refractivity contribution in [3.63, 3.8) is 0 Å². The smallest absolute Gasteiger partial charge is 0.290 e. The number of H-pyrrole nitrogens is 1. The van der Waals surface area contributed by atoms with Gasteiger partial charge in [-0.2, -0.15) is 0 Å². The average molecular weight is 325 g/mol. The number of nitrogens with one attached hydrogen (secondary N) is 1. The largest absolute Gasteiger partial charge is 0.459 e. The van der Waals surface area contributed by atoms with E-state index in [9.17, 15) is 9.18 Å². The van der Waals surface area contributed by atoms with Gasteiger partial charge in [0, 0.05) is 12.1 Å². The highest BCUT2D eigenvalue weighted by Gasteiger charge is 2.33. The molecule has 2 aromatic heterocycles. The Morgan fingerprint density at radius 2 is 2.17 bits per heavy atom. The molecule has 3 heterocycles. The molecule has 0 bridgehead atoms. The molecule has 1 amide bonds. The maximum atomic E-state index is 13.9. The minimum atomic E-state index is -0.303. The van der Waals surface area contributed by atoms with Crippen LogP contribution in [-0.2, 0) is 0 Å². The van der Waals surface area contributed by atoms with Gasteiger partial charge < -0.3 is 14.3 Å². The van der Waals surface area contributed by atoms with Crippen molar-refractivity contribution in [3.8, 4) is 11.3 Å². The summed E-state index contributed by atoms with van der Waals surface area (Å²) in [7, 11) is 0. The van der Waals surface area contributed by atoms with Crippen LogP contribution in [-0.4, -0.2) is 27.3 Å². The molecule has 0 saturated carbocycles. The summed E-state index contributed by atoms with van der Waals surface area (Å²) in [5.41, 5.74) is 1.08. The molecule has 0 radical (unpaired) electrons. The van der Waals surface area contributed by atoms with Gasteiger partial charge in [-0.15, -0.1) is 0 Å². The normalized spacial score (nSPS) is 17.4. The van der Waals surface area contributed by atoms with E-state index in [-0.39, 0.29) is 17.8 Å². The van der Waals surface area contributed by atoms with Crippen LogP contribution in [0.1, 0.15) is 35.3 Å². The molecule has 24 heavy (non-hydrogen) atoms. The number of halogens is 1. The molecule has 5 nitrogen and oxygen atoms in total. The summed E-state index contributed by atoms with van der Waals surface area (Å²) in [6.45, 7) is 0.653. The number of benzene rings is 1. The Morgan fingerprint density at radius 1 is 1.29 bits per heavy atom. The number of imidazole rings is 1. The Morgan fingerprint density at radius 3 is 2.96 bits per heavy atom. The fourth-order valence-corrected chi connectivity index (χ4v) is 3.16. The Balaban J connectivity index is 1.62. The molecule has 0 aliphatic carbocycles. The Bertz CT molecular complexity index is 857. The first-order valence-corrected chi connectivity index (χ1v) is 7.88. The second kappa shape index (κ2) is 5.96. The molecule has 1 aliphatic rings. The molecule has 122 valence electrons. The van der Waals surface area contributed by atoms with E-state index in [4.69, 9.17) is 4.42 Å². The molecule has 1 N–H and O–H groups in total. The van der Waals surface area contributed by atoms with Gasteiger partial charge in [0.05, 0.1) is 24.2 Å². The summed E-state index contributed by atoms with van der Waals surface area (Å²) >= 11 is 0. The molecule has 6 heteroatoms. The predicted octanol–water partition coefficient (Wildman–Crippen LogP) is 3.79. The monoisotopic (exact) mass is 325 g/mol. The number of aromatic nitrogens is 2. The van der Waals surface area contributed by atoms with Crippen LogP contribution in [0.2, 0.25) is 0 Å². The number of hydrogen-bond acceptors (Lipinski definition) is 3. The minimum absolute atomic E-state index is 0.147. The molecule has 1 aliphatic heterocycles. The SMILES string of the molecule is O=C(c1ccco1)N1CCC[C@H]1c1ncc(-c2ccccc2F)[nH]1. The summed E-state index contributed by atoms with van der Waals surface area (Å²) in [5, 5.41) is 0. The van der Waals surface area contributed by atoms with Crippen LogP contribution in [0.3, 0.4) is 0 Å². The third kappa shape index (κ3) is 2.50. The number of carbonyl (C=O) groups is 1. The van der Waals surface area contributed by atoms with Gasteiger partial charge >= 0.3 is 0 Å². The standard InChI is InChI=1S/C18H16FN3O2/c19-13-6-2-1-5-12(13)14-11-20-17(21-14)15-7-3-9-22(15)18(23)16-8-4-10-24-16/h1-2,4-6,8,10-11,15H,3,7,9H2,(H,20,21)/t15-/m0/s1. The summed E-state index contributed by atoms with van der Waals surface area (Å²) < 4.78 is 19.1. The highest BCUT2D eigenvalue weighted by molar-refractivity contribution is 5.91. The highest BCUT2D eigenvalue weighted by atomic mass is 19.1. The van der Waals surface area contributed by atoms with E-state index in [1.54, 1.807) is 41.4 Å². The maximum Gasteiger partial charge on any atom is 0.290 e. The molecule has 1 saturated heterocycles. The van der Waals surface area contributed by atoms with E-state index in [1.165, 1.54) is 12.3 Å². The molecular formula is C18H16FN3O2. The first-order valence-electron chi connectivity index (χ1n) is 7.88. The molecule has 1 aromatic carbocycles. The van der Waals surface area contributed by atoms with Crippen LogP contribution in [0, 0.1) is 5.82 Å². The number of carbonyl (C=O) groups excluding carboxylic acids is 1. The van der Waals surface area contributed by atoms with Crippen molar-refractivity contribution < 1.29 is 13.6 Å². The van der Waals surface area contributed by atoms with Crippen molar-refractivity contribution in [1.29, 1.82) is 0 Å². The fourth-order valence-electron chi connectivity index (χ4n) is 3.16. The van der Waals surface area contributed by atoms with Crippen molar-refractivity contribution in [2.24, 2.45) is 0 Å². The van der Waals surface area contributed by atoms with Crippen LogP contribution >= 0.6 is 0 Å². The summed E-state index contributed by atoms with van der Waals surface area (Å²) in [6.07, 6.45) is 4.81. The lowest BCUT2D eigenvalue weighted by Crippen LogP contribution is -2.30. The van der Waals surface area contributed by atoms with Crippen LogP contribution in [0.15, 0.2) is 53.3 Å². The molecule has 4 rings (SSSR count). The zero-order valence-corrected chi connectivity index (χ0v) is 12.9. The minimum Gasteiger partial charge on any atom is -0.459 e. The lowest BCUT2D eigenvalue weighted by atomic mass is 10.1. The quantitative estimate of drug-likeness (QED) is 0.797. The summed E-state index contributed by atoms with van der Waals surface area (Å²) in [6, 6.07) is 9.75. The van der Waals surface area contributed by atoms with Crippen molar-refractivity contribution in [1.82, 2.24) is 14.9 Å². The predicted molar refractivity (Wildman–Crippen MR) is 85.7 cm³/mol. The Kier molecular flexibility index (Phi) is 3.65. The number of hydrogen-bond donors (Lipinski definition) is 1. The van der Waals surface area contributed by atoms with E-state index in [0.29, 0.717) is 29.4 Å². The maximum absolute atomic E-state index is 13.9. The first-order chi connectivity index (χ1) is 11.7. The number of rotatable bonds is 3. The lowest BCUT2D eigenvalue weighted by molar-refractivity contribution is 0.0698. The summed E-state index contributed by atoms with van der Waals surface area (Å²) in [4.78, 5) is 21.9. The van der Waals surface area contributed by atoms with Gasteiger partial charge in [-0.3, -0.25) is 4.79 Å². The van der Waals surface area contributed by atoms with Crippen molar-refractivity contribution in [2.75, 3.05) is 6.54 Å². The van der Waals surface area contributed by atoms with E-state index in [2.05, 4.69) is 9.97 Å². The second-order valence-corrected chi connectivity index (χ2v) is 5.80. The van der Waals surface area contributed by atoms with Gasteiger partial charge in [-0.05, 0) is 37.1 Å². The number of aromatic amines is 1. The van der Waals surface area contributed by atoms with Crippen LogP contribution in [0.5, 0.6) is 0 Å². The first kappa shape index (κ1) is 14.7. The van der Waals surface area contributed by atoms with Gasteiger partial charge in [-0.1, -0.05) is 12.1 Å². The topological polar surface area (TPSA) is 62.1 Å². The zero-order chi connectivity index (χ0) is 16.5. The van der Waals surface area contributed by atoms with Crippen LogP contribution in [0.4, 0.5) is 4.39 Å². The van der Waals surface area contributed by atoms with Gasteiger partial charge in [-0.25, -0.2) is 9.37 Å². The van der Waals surface area contributed by atoms with Gasteiger partial charge in [0.15, 0.2) is 5.76 Å². The highest BCUT2D eigenvalue weighted by Crippen LogP contribution is 2.33. The summed E-state index contributed by atoms with van der Waals surface area (Å²) in [5.74, 6) is 0.544. The third-order valence-electron chi connectivity index (χ3n) is 4.32. The zero-order valence-electron chi connectivity index (χ0n) is 12.9.